The van der Waals surface area contributed by atoms with E-state index in [1.54, 1.807) is 0 Å². The molecule has 0 atom stereocenters. The van der Waals surface area contributed by atoms with Gasteiger partial charge in [-0.05, 0) is 35.7 Å². The van der Waals surface area contributed by atoms with Gasteiger partial charge in [0.25, 0.3) is 0 Å². The van der Waals surface area contributed by atoms with Gasteiger partial charge < -0.3 is 10.2 Å². The van der Waals surface area contributed by atoms with Crippen molar-refractivity contribution < 1.29 is 4.79 Å². The van der Waals surface area contributed by atoms with E-state index < -0.39 is 0 Å². The highest BCUT2D eigenvalue weighted by Gasteiger charge is 2.17. The van der Waals surface area contributed by atoms with Gasteiger partial charge in [0.2, 0.25) is 5.91 Å². The molecule has 5 heteroatoms. The summed E-state index contributed by atoms with van der Waals surface area (Å²) in [7, 11) is 0. The molecular formula is C21H28N4O. The predicted octanol–water partition coefficient (Wildman–Crippen LogP) is 3.39. The van der Waals surface area contributed by atoms with Crippen molar-refractivity contribution in [2.24, 2.45) is 5.92 Å². The van der Waals surface area contributed by atoms with Gasteiger partial charge in [-0.3, -0.25) is 9.69 Å². The molecule has 2 aromatic rings. The van der Waals surface area contributed by atoms with Crippen LogP contribution < -0.4 is 10.2 Å². The maximum atomic E-state index is 11.8. The van der Waals surface area contributed by atoms with Gasteiger partial charge in [-0.15, -0.1) is 0 Å². The number of aromatic nitrogens is 1. The molecule has 26 heavy (non-hydrogen) atoms. The SMILES string of the molecule is CC(C)CC(=O)Nc1ccc(CN2CCN(c3ccccn3)CC2)cc1. The molecule has 0 aliphatic carbocycles. The summed E-state index contributed by atoms with van der Waals surface area (Å²) in [6.07, 6.45) is 2.41. The van der Waals surface area contributed by atoms with Crippen molar-refractivity contribution in [1.82, 2.24) is 9.88 Å². The molecular weight excluding hydrogens is 324 g/mol. The van der Waals surface area contributed by atoms with Crippen molar-refractivity contribution >= 4 is 17.4 Å². The van der Waals surface area contributed by atoms with E-state index >= 15 is 0 Å². The minimum Gasteiger partial charge on any atom is -0.354 e. The number of anilines is 2. The fourth-order valence-corrected chi connectivity index (χ4v) is 3.21. The third-order valence-electron chi connectivity index (χ3n) is 4.58. The second-order valence-corrected chi connectivity index (χ2v) is 7.29. The molecule has 1 aromatic heterocycles. The fourth-order valence-electron chi connectivity index (χ4n) is 3.21. The molecule has 0 saturated carbocycles. The Hall–Kier alpha value is -2.40. The molecule has 3 rings (SSSR count). The lowest BCUT2D eigenvalue weighted by Gasteiger charge is -2.35. The maximum absolute atomic E-state index is 11.8. The van der Waals surface area contributed by atoms with Crippen LogP contribution in [0.1, 0.15) is 25.8 Å². The predicted molar refractivity (Wildman–Crippen MR) is 106 cm³/mol. The third kappa shape index (κ3) is 5.30. The Morgan fingerprint density at radius 3 is 2.42 bits per heavy atom. The molecule has 1 aliphatic rings. The first-order valence-electron chi connectivity index (χ1n) is 9.37. The van der Waals surface area contributed by atoms with E-state index in [4.69, 9.17) is 0 Å². The molecule has 1 N–H and O–H groups in total. The van der Waals surface area contributed by atoms with Crippen LogP contribution in [0.2, 0.25) is 0 Å². The largest absolute Gasteiger partial charge is 0.354 e. The minimum atomic E-state index is 0.0818. The smallest absolute Gasteiger partial charge is 0.224 e. The van der Waals surface area contributed by atoms with E-state index in [9.17, 15) is 4.79 Å². The lowest BCUT2D eigenvalue weighted by atomic mass is 10.1. The van der Waals surface area contributed by atoms with Crippen LogP contribution in [0.4, 0.5) is 11.5 Å². The third-order valence-corrected chi connectivity index (χ3v) is 4.58. The first-order valence-corrected chi connectivity index (χ1v) is 9.37. The van der Waals surface area contributed by atoms with Crippen LogP contribution in [0.15, 0.2) is 48.7 Å². The van der Waals surface area contributed by atoms with Gasteiger partial charge in [0, 0.05) is 51.0 Å². The summed E-state index contributed by atoms with van der Waals surface area (Å²) in [6.45, 7) is 9.11. The van der Waals surface area contributed by atoms with Gasteiger partial charge in [0.15, 0.2) is 0 Å². The van der Waals surface area contributed by atoms with E-state index in [2.05, 4.69) is 52.1 Å². The number of carbonyl (C=O) groups excluding carboxylic acids is 1. The number of carbonyl (C=O) groups is 1. The Labute approximate surface area is 156 Å². The number of hydrogen-bond acceptors (Lipinski definition) is 4. The summed E-state index contributed by atoms with van der Waals surface area (Å²) in [6, 6.07) is 14.3. The summed E-state index contributed by atoms with van der Waals surface area (Å²) >= 11 is 0. The Balaban J connectivity index is 1.47. The summed E-state index contributed by atoms with van der Waals surface area (Å²) in [4.78, 5) is 21.1. The maximum Gasteiger partial charge on any atom is 0.224 e. The highest BCUT2D eigenvalue weighted by molar-refractivity contribution is 5.90. The van der Waals surface area contributed by atoms with Gasteiger partial charge in [-0.1, -0.05) is 32.0 Å². The average molecular weight is 352 g/mol. The van der Waals surface area contributed by atoms with E-state index in [1.165, 1.54) is 5.56 Å². The van der Waals surface area contributed by atoms with Crippen molar-refractivity contribution in [3.05, 3.63) is 54.2 Å². The molecule has 0 unspecified atom stereocenters. The van der Waals surface area contributed by atoms with E-state index in [1.807, 2.05) is 30.5 Å². The molecule has 1 amide bonds. The molecule has 1 aromatic carbocycles. The first-order chi connectivity index (χ1) is 12.6. The number of benzene rings is 1. The van der Waals surface area contributed by atoms with Gasteiger partial charge >= 0.3 is 0 Å². The Kier molecular flexibility index (Phi) is 6.23. The van der Waals surface area contributed by atoms with Gasteiger partial charge in [0.05, 0.1) is 0 Å². The number of pyridine rings is 1. The fraction of sp³-hybridized carbons (Fsp3) is 0.429. The molecule has 1 aliphatic heterocycles. The second kappa shape index (κ2) is 8.81. The summed E-state index contributed by atoms with van der Waals surface area (Å²) in [5.74, 6) is 1.52. The van der Waals surface area contributed by atoms with Crippen molar-refractivity contribution in [2.75, 3.05) is 36.4 Å². The minimum absolute atomic E-state index is 0.0818. The lowest BCUT2D eigenvalue weighted by Crippen LogP contribution is -2.46. The number of amides is 1. The van der Waals surface area contributed by atoms with Crippen LogP contribution in [0.3, 0.4) is 0 Å². The molecule has 0 spiro atoms. The average Bonchev–Trinajstić information content (AvgIpc) is 2.64. The zero-order valence-electron chi connectivity index (χ0n) is 15.7. The van der Waals surface area contributed by atoms with Gasteiger partial charge in [-0.2, -0.15) is 0 Å². The Morgan fingerprint density at radius 1 is 1.08 bits per heavy atom. The standard InChI is InChI=1S/C21H28N4O/c1-17(2)15-21(26)23-19-8-6-18(7-9-19)16-24-11-13-25(14-12-24)20-5-3-4-10-22-20/h3-10,17H,11-16H2,1-2H3,(H,23,26). The first kappa shape index (κ1) is 18.4. The van der Waals surface area contributed by atoms with Crippen molar-refractivity contribution in [3.63, 3.8) is 0 Å². The zero-order chi connectivity index (χ0) is 18.4. The molecule has 0 bridgehead atoms. The quantitative estimate of drug-likeness (QED) is 0.866. The van der Waals surface area contributed by atoms with Crippen LogP contribution in [0.25, 0.3) is 0 Å². The Morgan fingerprint density at radius 2 is 1.81 bits per heavy atom. The topological polar surface area (TPSA) is 48.5 Å². The van der Waals surface area contributed by atoms with E-state index in [0.717, 1.165) is 44.2 Å². The summed E-state index contributed by atoms with van der Waals surface area (Å²) in [5.41, 5.74) is 2.15. The number of nitrogens with zero attached hydrogens (tertiary/aromatic N) is 3. The van der Waals surface area contributed by atoms with Crippen molar-refractivity contribution in [2.45, 2.75) is 26.8 Å². The number of nitrogens with one attached hydrogen (secondary N) is 1. The normalized spacial score (nSPS) is 15.3. The summed E-state index contributed by atoms with van der Waals surface area (Å²) in [5, 5.41) is 2.96. The molecule has 0 radical (unpaired) electrons. The Bertz CT molecular complexity index is 692. The number of piperazine rings is 1. The van der Waals surface area contributed by atoms with Crippen LogP contribution in [-0.2, 0) is 11.3 Å². The number of rotatable bonds is 6. The van der Waals surface area contributed by atoms with Crippen LogP contribution >= 0.6 is 0 Å². The van der Waals surface area contributed by atoms with Gasteiger partial charge in [-0.25, -0.2) is 4.98 Å². The molecule has 138 valence electrons. The number of hydrogen-bond donors (Lipinski definition) is 1. The lowest BCUT2D eigenvalue weighted by molar-refractivity contribution is -0.116. The summed E-state index contributed by atoms with van der Waals surface area (Å²) < 4.78 is 0. The van der Waals surface area contributed by atoms with Gasteiger partial charge in [0.1, 0.15) is 5.82 Å². The van der Waals surface area contributed by atoms with E-state index in [0.29, 0.717) is 12.3 Å². The monoisotopic (exact) mass is 352 g/mol. The highest BCUT2D eigenvalue weighted by Crippen LogP contribution is 2.16. The molecule has 1 saturated heterocycles. The zero-order valence-corrected chi connectivity index (χ0v) is 15.7. The van der Waals surface area contributed by atoms with Crippen molar-refractivity contribution in [1.29, 1.82) is 0 Å². The van der Waals surface area contributed by atoms with Crippen LogP contribution in [0, 0.1) is 5.92 Å². The second-order valence-electron chi connectivity index (χ2n) is 7.29. The highest BCUT2D eigenvalue weighted by atomic mass is 16.1. The molecule has 2 heterocycles. The van der Waals surface area contributed by atoms with Crippen LogP contribution in [0.5, 0.6) is 0 Å². The van der Waals surface area contributed by atoms with Crippen LogP contribution in [-0.4, -0.2) is 42.0 Å². The molecule has 1 fully saturated rings. The van der Waals surface area contributed by atoms with E-state index in [-0.39, 0.29) is 5.91 Å². The molecule has 5 nitrogen and oxygen atoms in total. The van der Waals surface area contributed by atoms with Crippen molar-refractivity contribution in [3.8, 4) is 0 Å².